The summed E-state index contributed by atoms with van der Waals surface area (Å²) in [5, 5.41) is 32.6. The minimum Gasteiger partial charge on any atom is -0.481 e. The Hall–Kier alpha value is -4.77. The number of ether oxygens (including phenoxy) is 1. The monoisotopic (exact) mass is 531 g/mol. The Balaban J connectivity index is 1.65. The highest BCUT2D eigenvalue weighted by Gasteiger charge is 2.36. The number of amidine groups is 1. The molecule has 1 heterocycles. The fraction of sp³-hybridized carbons (Fsp3) is 0.250. The summed E-state index contributed by atoms with van der Waals surface area (Å²) in [4.78, 5) is 42.6. The zero-order chi connectivity index (χ0) is 28.2. The molecule has 0 radical (unpaired) electrons. The van der Waals surface area contributed by atoms with Crippen LogP contribution in [-0.4, -0.2) is 59.1 Å². The van der Waals surface area contributed by atoms with Crippen LogP contribution in [0.4, 0.5) is 5.69 Å². The second-order valence-electron chi connectivity index (χ2n) is 9.45. The van der Waals surface area contributed by atoms with Gasteiger partial charge in [0.15, 0.2) is 0 Å². The van der Waals surface area contributed by atoms with Gasteiger partial charge in [-0.2, -0.15) is 0 Å². The second kappa shape index (κ2) is 11.3. The van der Waals surface area contributed by atoms with Crippen molar-refractivity contribution in [1.82, 2.24) is 10.3 Å². The van der Waals surface area contributed by atoms with Crippen molar-refractivity contribution >= 4 is 29.3 Å². The number of nitrogens with two attached hydrogens (primary N) is 1. The SMILES string of the molecule is COc1ccc(-c2ccc(C(=O)NCC3(CO)CCC3)cc2C(=O)O)c(C(=O)Nc2ccc(C(=N)N)cc2)n1. The molecule has 1 aliphatic carbocycles. The van der Waals surface area contributed by atoms with E-state index in [-0.39, 0.29) is 51.7 Å². The number of nitrogen functional groups attached to an aromatic ring is 1. The van der Waals surface area contributed by atoms with Crippen molar-refractivity contribution in [2.75, 3.05) is 25.6 Å². The summed E-state index contributed by atoms with van der Waals surface area (Å²) in [5.74, 6) is -2.32. The van der Waals surface area contributed by atoms with E-state index in [4.69, 9.17) is 15.9 Å². The quantitative estimate of drug-likeness (QED) is 0.170. The van der Waals surface area contributed by atoms with E-state index in [0.29, 0.717) is 17.8 Å². The Kier molecular flexibility index (Phi) is 7.91. The number of amides is 2. The van der Waals surface area contributed by atoms with Gasteiger partial charge in [-0.25, -0.2) is 9.78 Å². The number of aliphatic hydroxyl groups excluding tert-OH is 1. The van der Waals surface area contributed by atoms with Crippen LogP contribution in [0.25, 0.3) is 11.1 Å². The molecule has 4 rings (SSSR count). The summed E-state index contributed by atoms with van der Waals surface area (Å²) in [7, 11) is 1.39. The summed E-state index contributed by atoms with van der Waals surface area (Å²) >= 11 is 0. The number of aliphatic hydroxyl groups is 1. The van der Waals surface area contributed by atoms with Gasteiger partial charge >= 0.3 is 5.97 Å². The van der Waals surface area contributed by atoms with Crippen molar-refractivity contribution in [2.24, 2.45) is 11.1 Å². The first-order chi connectivity index (χ1) is 18.7. The summed E-state index contributed by atoms with van der Waals surface area (Å²) in [6, 6.07) is 13.6. The van der Waals surface area contributed by atoms with E-state index < -0.39 is 17.8 Å². The molecule has 0 spiro atoms. The molecule has 0 aliphatic heterocycles. The standard InChI is InChI=1S/C28H29N5O6/c1-39-22-10-9-20(23(33-22)26(36)32-18-6-3-16(4-7-18)24(29)30)19-8-5-17(13-21(19)27(37)38)25(35)31-14-28(15-34)11-2-12-28/h3-10,13,34H,2,11-12,14-15H2,1H3,(H3,29,30)(H,31,35)(H,32,36)(H,37,38). The van der Waals surface area contributed by atoms with Crippen LogP contribution in [0.1, 0.15) is 56.0 Å². The van der Waals surface area contributed by atoms with Gasteiger partial charge < -0.3 is 31.3 Å². The molecule has 11 heteroatoms. The van der Waals surface area contributed by atoms with E-state index in [1.165, 1.54) is 37.4 Å². The molecule has 39 heavy (non-hydrogen) atoms. The van der Waals surface area contributed by atoms with Crippen LogP contribution < -0.4 is 21.1 Å². The summed E-state index contributed by atoms with van der Waals surface area (Å²) in [6.07, 6.45) is 2.63. The first-order valence-electron chi connectivity index (χ1n) is 12.2. The summed E-state index contributed by atoms with van der Waals surface area (Å²) in [6.45, 7) is 0.273. The number of aromatic nitrogens is 1. The summed E-state index contributed by atoms with van der Waals surface area (Å²) in [5.41, 5.74) is 6.35. The molecule has 11 nitrogen and oxygen atoms in total. The molecular formula is C28H29N5O6. The third kappa shape index (κ3) is 5.88. The average Bonchev–Trinajstić information content (AvgIpc) is 2.92. The van der Waals surface area contributed by atoms with Crippen LogP contribution in [-0.2, 0) is 0 Å². The van der Waals surface area contributed by atoms with Crippen molar-refractivity contribution in [1.29, 1.82) is 5.41 Å². The molecule has 1 fully saturated rings. The molecule has 0 atom stereocenters. The number of pyridine rings is 1. The highest BCUT2D eigenvalue weighted by Crippen LogP contribution is 2.39. The number of nitrogens with zero attached hydrogens (tertiary/aromatic N) is 1. The minimum absolute atomic E-state index is 0.0250. The molecule has 3 aromatic rings. The highest BCUT2D eigenvalue weighted by molar-refractivity contribution is 6.10. The zero-order valence-electron chi connectivity index (χ0n) is 21.3. The van der Waals surface area contributed by atoms with Gasteiger partial charge in [0, 0.05) is 40.4 Å². The maximum absolute atomic E-state index is 13.3. The fourth-order valence-corrected chi connectivity index (χ4v) is 4.40. The van der Waals surface area contributed by atoms with Crippen LogP contribution >= 0.6 is 0 Å². The van der Waals surface area contributed by atoms with E-state index in [2.05, 4.69) is 15.6 Å². The number of benzene rings is 2. The molecule has 0 bridgehead atoms. The third-order valence-electron chi connectivity index (χ3n) is 6.92. The van der Waals surface area contributed by atoms with Crippen molar-refractivity contribution in [2.45, 2.75) is 19.3 Å². The molecule has 2 amide bonds. The normalized spacial score (nSPS) is 13.6. The Morgan fingerprint density at radius 3 is 2.26 bits per heavy atom. The lowest BCUT2D eigenvalue weighted by molar-refractivity contribution is 0.0429. The van der Waals surface area contributed by atoms with Crippen molar-refractivity contribution < 1.29 is 29.3 Å². The molecule has 1 saturated carbocycles. The number of rotatable bonds is 10. The number of carboxylic acid groups (broad SMARTS) is 1. The smallest absolute Gasteiger partial charge is 0.336 e. The number of carboxylic acids is 1. The predicted molar refractivity (Wildman–Crippen MR) is 144 cm³/mol. The molecule has 2 aromatic carbocycles. The van der Waals surface area contributed by atoms with E-state index in [1.807, 2.05) is 0 Å². The van der Waals surface area contributed by atoms with Crippen LogP contribution in [0.3, 0.4) is 0 Å². The fourth-order valence-electron chi connectivity index (χ4n) is 4.40. The van der Waals surface area contributed by atoms with Gasteiger partial charge in [-0.1, -0.05) is 12.5 Å². The summed E-state index contributed by atoms with van der Waals surface area (Å²) < 4.78 is 5.18. The van der Waals surface area contributed by atoms with Crippen LogP contribution in [0.15, 0.2) is 54.6 Å². The Morgan fingerprint density at radius 2 is 1.69 bits per heavy atom. The van der Waals surface area contributed by atoms with E-state index in [9.17, 15) is 24.6 Å². The molecule has 0 saturated heterocycles. The third-order valence-corrected chi connectivity index (χ3v) is 6.92. The Labute approximate surface area is 224 Å². The number of carbonyl (C=O) groups excluding carboxylic acids is 2. The number of anilines is 1. The van der Waals surface area contributed by atoms with Crippen LogP contribution in [0.5, 0.6) is 5.88 Å². The highest BCUT2D eigenvalue weighted by atomic mass is 16.5. The van der Waals surface area contributed by atoms with Crippen LogP contribution in [0.2, 0.25) is 0 Å². The topological polar surface area (TPSA) is 188 Å². The molecule has 202 valence electrons. The number of nitrogens with one attached hydrogen (secondary N) is 3. The first-order valence-corrected chi connectivity index (χ1v) is 12.2. The number of methoxy groups -OCH3 is 1. The Morgan fingerprint density at radius 1 is 1.03 bits per heavy atom. The van der Waals surface area contributed by atoms with E-state index in [1.54, 1.807) is 24.3 Å². The molecule has 1 aliphatic rings. The van der Waals surface area contributed by atoms with Gasteiger partial charge in [-0.05, 0) is 60.9 Å². The molecule has 0 unspecified atom stereocenters. The minimum atomic E-state index is -1.28. The average molecular weight is 532 g/mol. The number of aromatic carboxylic acids is 1. The maximum atomic E-state index is 13.3. The van der Waals surface area contributed by atoms with E-state index >= 15 is 0 Å². The lowest BCUT2D eigenvalue weighted by atomic mass is 9.69. The van der Waals surface area contributed by atoms with Crippen molar-refractivity contribution in [3.05, 3.63) is 77.0 Å². The van der Waals surface area contributed by atoms with Gasteiger partial charge in [-0.3, -0.25) is 15.0 Å². The molecule has 1 aromatic heterocycles. The number of hydrogen-bond acceptors (Lipinski definition) is 7. The van der Waals surface area contributed by atoms with Crippen LogP contribution in [0, 0.1) is 10.8 Å². The van der Waals surface area contributed by atoms with Gasteiger partial charge in [0.25, 0.3) is 11.8 Å². The first kappa shape index (κ1) is 27.3. The van der Waals surface area contributed by atoms with Gasteiger partial charge in [-0.15, -0.1) is 0 Å². The van der Waals surface area contributed by atoms with Crippen molar-refractivity contribution in [3.8, 4) is 17.0 Å². The predicted octanol–water partition coefficient (Wildman–Crippen LogP) is 2.88. The lowest BCUT2D eigenvalue weighted by Gasteiger charge is -2.40. The van der Waals surface area contributed by atoms with E-state index in [0.717, 1.165) is 19.3 Å². The molecule has 7 N–H and O–H groups in total. The number of carbonyl (C=O) groups is 3. The number of hydrogen-bond donors (Lipinski definition) is 6. The van der Waals surface area contributed by atoms with Gasteiger partial charge in [0.2, 0.25) is 5.88 Å². The Bertz CT molecular complexity index is 1430. The lowest BCUT2D eigenvalue weighted by Crippen LogP contribution is -2.44. The van der Waals surface area contributed by atoms with Crippen molar-refractivity contribution in [3.63, 3.8) is 0 Å². The molecular weight excluding hydrogens is 502 g/mol. The maximum Gasteiger partial charge on any atom is 0.336 e. The second-order valence-corrected chi connectivity index (χ2v) is 9.45. The largest absolute Gasteiger partial charge is 0.481 e. The van der Waals surface area contributed by atoms with Gasteiger partial charge in [0.05, 0.1) is 19.3 Å². The van der Waals surface area contributed by atoms with Gasteiger partial charge in [0.1, 0.15) is 11.5 Å². The zero-order valence-corrected chi connectivity index (χ0v) is 21.3.